The molecule has 0 fully saturated rings. The molecule has 0 spiro atoms. The molecule has 1 aromatic heterocycles. The van der Waals surface area contributed by atoms with Crippen LogP contribution in [0.1, 0.15) is 24.9 Å². The SMILES string of the molecule is CCNC(CCOC)c1cncc(F)c1. The van der Waals surface area contributed by atoms with Crippen LogP contribution in [0.15, 0.2) is 18.5 Å². The van der Waals surface area contributed by atoms with Gasteiger partial charge in [-0.25, -0.2) is 4.39 Å². The monoisotopic (exact) mass is 212 g/mol. The molecule has 0 aliphatic carbocycles. The molecule has 1 rings (SSSR count). The maximum absolute atomic E-state index is 13.0. The number of ether oxygens (including phenoxy) is 1. The van der Waals surface area contributed by atoms with Crippen molar-refractivity contribution in [2.45, 2.75) is 19.4 Å². The lowest BCUT2D eigenvalue weighted by Gasteiger charge is -2.17. The molecule has 1 heterocycles. The topological polar surface area (TPSA) is 34.1 Å². The molecule has 0 radical (unpaired) electrons. The lowest BCUT2D eigenvalue weighted by molar-refractivity contribution is 0.183. The molecule has 0 aliphatic heterocycles. The highest BCUT2D eigenvalue weighted by Gasteiger charge is 2.10. The predicted molar refractivity (Wildman–Crippen MR) is 57.1 cm³/mol. The molecule has 1 atom stereocenters. The van der Waals surface area contributed by atoms with Gasteiger partial charge in [0.05, 0.1) is 6.20 Å². The van der Waals surface area contributed by atoms with Gasteiger partial charge in [0, 0.05) is 26.0 Å². The highest BCUT2D eigenvalue weighted by molar-refractivity contribution is 5.15. The average Bonchev–Trinajstić information content (AvgIpc) is 2.24. The summed E-state index contributed by atoms with van der Waals surface area (Å²) in [5.41, 5.74) is 0.869. The van der Waals surface area contributed by atoms with E-state index in [1.165, 1.54) is 12.3 Å². The summed E-state index contributed by atoms with van der Waals surface area (Å²) in [5, 5.41) is 3.27. The largest absolute Gasteiger partial charge is 0.385 e. The Kier molecular flexibility index (Phi) is 5.21. The first-order chi connectivity index (χ1) is 7.27. The van der Waals surface area contributed by atoms with Crippen molar-refractivity contribution in [3.05, 3.63) is 29.8 Å². The normalized spacial score (nSPS) is 12.7. The van der Waals surface area contributed by atoms with Gasteiger partial charge in [-0.05, 0) is 24.6 Å². The highest BCUT2D eigenvalue weighted by Crippen LogP contribution is 2.16. The number of methoxy groups -OCH3 is 1. The second-order valence-electron chi connectivity index (χ2n) is 3.33. The van der Waals surface area contributed by atoms with Crippen LogP contribution >= 0.6 is 0 Å². The van der Waals surface area contributed by atoms with Crippen molar-refractivity contribution >= 4 is 0 Å². The first-order valence-electron chi connectivity index (χ1n) is 5.10. The third kappa shape index (κ3) is 3.93. The van der Waals surface area contributed by atoms with E-state index >= 15 is 0 Å². The summed E-state index contributed by atoms with van der Waals surface area (Å²) >= 11 is 0. The summed E-state index contributed by atoms with van der Waals surface area (Å²) < 4.78 is 18.0. The molecule has 0 aliphatic rings. The zero-order valence-corrected chi connectivity index (χ0v) is 9.16. The number of hydrogen-bond donors (Lipinski definition) is 1. The summed E-state index contributed by atoms with van der Waals surface area (Å²) in [6.07, 6.45) is 3.71. The van der Waals surface area contributed by atoms with Crippen molar-refractivity contribution in [3.8, 4) is 0 Å². The Balaban J connectivity index is 2.69. The van der Waals surface area contributed by atoms with E-state index in [0.29, 0.717) is 6.61 Å². The Morgan fingerprint density at radius 2 is 2.33 bits per heavy atom. The van der Waals surface area contributed by atoms with Gasteiger partial charge in [0.2, 0.25) is 0 Å². The molecule has 1 N–H and O–H groups in total. The fourth-order valence-corrected chi connectivity index (χ4v) is 1.49. The van der Waals surface area contributed by atoms with E-state index in [0.717, 1.165) is 18.5 Å². The van der Waals surface area contributed by atoms with Crippen LogP contribution < -0.4 is 5.32 Å². The van der Waals surface area contributed by atoms with Crippen molar-refractivity contribution in [2.24, 2.45) is 0 Å². The molecule has 0 bridgehead atoms. The number of nitrogens with one attached hydrogen (secondary N) is 1. The Morgan fingerprint density at radius 3 is 2.93 bits per heavy atom. The van der Waals surface area contributed by atoms with Gasteiger partial charge in [0.1, 0.15) is 5.82 Å². The second kappa shape index (κ2) is 6.48. The molecule has 1 unspecified atom stereocenters. The van der Waals surface area contributed by atoms with Gasteiger partial charge in [-0.15, -0.1) is 0 Å². The van der Waals surface area contributed by atoms with E-state index in [1.54, 1.807) is 13.3 Å². The van der Waals surface area contributed by atoms with Gasteiger partial charge in [-0.2, -0.15) is 0 Å². The zero-order valence-electron chi connectivity index (χ0n) is 9.16. The Bertz CT molecular complexity index is 294. The third-order valence-corrected chi connectivity index (χ3v) is 2.19. The Labute approximate surface area is 89.7 Å². The summed E-state index contributed by atoms with van der Waals surface area (Å²) in [6, 6.07) is 1.62. The number of halogens is 1. The van der Waals surface area contributed by atoms with E-state index in [-0.39, 0.29) is 11.9 Å². The maximum atomic E-state index is 13.0. The molecule has 3 nitrogen and oxygen atoms in total. The molecule has 0 aromatic carbocycles. The highest BCUT2D eigenvalue weighted by atomic mass is 19.1. The minimum Gasteiger partial charge on any atom is -0.385 e. The molecule has 0 amide bonds. The van der Waals surface area contributed by atoms with Gasteiger partial charge in [-0.3, -0.25) is 4.98 Å². The molecular formula is C11H17FN2O. The molecule has 0 saturated carbocycles. The van der Waals surface area contributed by atoms with Crippen LogP contribution in [0.4, 0.5) is 4.39 Å². The molecular weight excluding hydrogens is 195 g/mol. The minimum atomic E-state index is -0.298. The average molecular weight is 212 g/mol. The lowest BCUT2D eigenvalue weighted by atomic mass is 10.1. The lowest BCUT2D eigenvalue weighted by Crippen LogP contribution is -2.22. The predicted octanol–water partition coefficient (Wildman–Crippen LogP) is 1.91. The number of nitrogens with zero attached hydrogens (tertiary/aromatic N) is 1. The van der Waals surface area contributed by atoms with Crippen LogP contribution in [0.2, 0.25) is 0 Å². The van der Waals surface area contributed by atoms with Crippen LogP contribution in [0.25, 0.3) is 0 Å². The van der Waals surface area contributed by atoms with Crippen molar-refractivity contribution in [1.29, 1.82) is 0 Å². The quantitative estimate of drug-likeness (QED) is 0.782. The van der Waals surface area contributed by atoms with Crippen molar-refractivity contribution in [2.75, 3.05) is 20.3 Å². The van der Waals surface area contributed by atoms with Gasteiger partial charge in [0.25, 0.3) is 0 Å². The first-order valence-corrected chi connectivity index (χ1v) is 5.10. The van der Waals surface area contributed by atoms with Gasteiger partial charge in [0.15, 0.2) is 0 Å². The van der Waals surface area contributed by atoms with E-state index in [2.05, 4.69) is 10.3 Å². The van der Waals surface area contributed by atoms with Crippen LogP contribution in [0.3, 0.4) is 0 Å². The second-order valence-corrected chi connectivity index (χ2v) is 3.33. The first kappa shape index (κ1) is 12.1. The van der Waals surface area contributed by atoms with Gasteiger partial charge >= 0.3 is 0 Å². The van der Waals surface area contributed by atoms with Crippen LogP contribution in [-0.4, -0.2) is 25.2 Å². The van der Waals surface area contributed by atoms with Gasteiger partial charge in [-0.1, -0.05) is 6.92 Å². The molecule has 1 aromatic rings. The van der Waals surface area contributed by atoms with E-state index in [4.69, 9.17) is 4.74 Å². The van der Waals surface area contributed by atoms with E-state index < -0.39 is 0 Å². The fraction of sp³-hybridized carbons (Fsp3) is 0.545. The number of aromatic nitrogens is 1. The zero-order chi connectivity index (χ0) is 11.1. The van der Waals surface area contributed by atoms with Crippen LogP contribution in [0, 0.1) is 5.82 Å². The van der Waals surface area contributed by atoms with Crippen molar-refractivity contribution < 1.29 is 9.13 Å². The van der Waals surface area contributed by atoms with Crippen molar-refractivity contribution in [1.82, 2.24) is 10.3 Å². The fourth-order valence-electron chi connectivity index (χ4n) is 1.49. The summed E-state index contributed by atoms with van der Waals surface area (Å²) in [7, 11) is 1.66. The molecule has 84 valence electrons. The number of hydrogen-bond acceptors (Lipinski definition) is 3. The minimum absolute atomic E-state index is 0.109. The number of rotatable bonds is 6. The summed E-state index contributed by atoms with van der Waals surface area (Å²) in [4.78, 5) is 3.84. The van der Waals surface area contributed by atoms with Crippen LogP contribution in [0.5, 0.6) is 0 Å². The standard InChI is InChI=1S/C11H17FN2O/c1-3-14-11(4-5-15-2)9-6-10(12)8-13-7-9/h6-8,11,14H,3-5H2,1-2H3. The van der Waals surface area contributed by atoms with E-state index in [9.17, 15) is 4.39 Å². The van der Waals surface area contributed by atoms with E-state index in [1.807, 2.05) is 6.92 Å². The van der Waals surface area contributed by atoms with Gasteiger partial charge < -0.3 is 10.1 Å². The Hall–Kier alpha value is -1.00. The smallest absolute Gasteiger partial charge is 0.141 e. The number of pyridine rings is 1. The maximum Gasteiger partial charge on any atom is 0.141 e. The summed E-state index contributed by atoms with van der Waals surface area (Å²) in [6.45, 7) is 3.51. The molecule has 4 heteroatoms. The molecule has 0 saturated heterocycles. The van der Waals surface area contributed by atoms with Crippen molar-refractivity contribution in [3.63, 3.8) is 0 Å². The third-order valence-electron chi connectivity index (χ3n) is 2.19. The Morgan fingerprint density at radius 1 is 1.53 bits per heavy atom. The van der Waals surface area contributed by atoms with Crippen LogP contribution in [-0.2, 0) is 4.74 Å². The molecule has 15 heavy (non-hydrogen) atoms. The summed E-state index contributed by atoms with van der Waals surface area (Å²) in [5.74, 6) is -0.298.